The number of allylic oxidation sites excluding steroid dienone is 2. The van der Waals surface area contributed by atoms with Crippen molar-refractivity contribution in [1.29, 1.82) is 0 Å². The van der Waals surface area contributed by atoms with Crippen LogP contribution in [0.3, 0.4) is 0 Å². The largest absolute Gasteiger partial charge is 0.450 e. The molecular formula is C19H32BO4. The molecular weight excluding hydrogens is 303 g/mol. The van der Waals surface area contributed by atoms with E-state index in [4.69, 9.17) is 9.39 Å². The first kappa shape index (κ1) is 22.8. The molecule has 24 heavy (non-hydrogen) atoms. The van der Waals surface area contributed by atoms with Crippen LogP contribution in [0.15, 0.2) is 11.5 Å². The van der Waals surface area contributed by atoms with Gasteiger partial charge in [-0.25, -0.2) is 4.79 Å². The van der Waals surface area contributed by atoms with Gasteiger partial charge >= 0.3 is 13.5 Å². The lowest BCUT2D eigenvalue weighted by atomic mass is 9.79. The van der Waals surface area contributed by atoms with E-state index in [1.165, 1.54) is 0 Å². The minimum atomic E-state index is -0.961. The van der Waals surface area contributed by atoms with Gasteiger partial charge in [0.15, 0.2) is 0 Å². The third kappa shape index (κ3) is 9.80. The molecule has 0 saturated carbocycles. The first-order valence-corrected chi connectivity index (χ1v) is 8.43. The van der Waals surface area contributed by atoms with Crippen LogP contribution >= 0.6 is 0 Å². The standard InChI is InChI=1S/C19H32BO4/c1-9-12-15(20-24-19(7,8)18(5,6)22)13-10-11-14-16(21)23-17(2,3)4/h12,22H,9-10,13H2,1-8H3/b15-12+. The van der Waals surface area contributed by atoms with Crippen LogP contribution in [0.2, 0.25) is 0 Å². The molecule has 0 aliphatic rings. The zero-order valence-corrected chi connectivity index (χ0v) is 16.4. The van der Waals surface area contributed by atoms with Crippen molar-refractivity contribution in [3.63, 3.8) is 0 Å². The first-order valence-electron chi connectivity index (χ1n) is 8.43. The molecule has 0 fully saturated rings. The van der Waals surface area contributed by atoms with Crippen LogP contribution in [0.4, 0.5) is 0 Å². The van der Waals surface area contributed by atoms with Crippen molar-refractivity contribution >= 4 is 13.5 Å². The van der Waals surface area contributed by atoms with Gasteiger partial charge in [0.25, 0.3) is 0 Å². The number of carbonyl (C=O) groups excluding carboxylic acids is 1. The number of carbonyl (C=O) groups is 1. The molecule has 135 valence electrons. The lowest BCUT2D eigenvalue weighted by Gasteiger charge is -2.37. The molecule has 4 nitrogen and oxygen atoms in total. The summed E-state index contributed by atoms with van der Waals surface area (Å²) < 4.78 is 10.9. The first-order chi connectivity index (χ1) is 10.8. The Labute approximate surface area is 148 Å². The van der Waals surface area contributed by atoms with Gasteiger partial charge in [-0.15, -0.1) is 0 Å². The van der Waals surface area contributed by atoms with Crippen LogP contribution in [0.25, 0.3) is 0 Å². The number of hydrogen-bond donors (Lipinski definition) is 1. The Morgan fingerprint density at radius 1 is 1.17 bits per heavy atom. The molecule has 0 amide bonds. The molecule has 0 spiro atoms. The van der Waals surface area contributed by atoms with E-state index in [-0.39, 0.29) is 0 Å². The van der Waals surface area contributed by atoms with Gasteiger partial charge in [0.1, 0.15) is 5.60 Å². The van der Waals surface area contributed by atoms with Gasteiger partial charge in [-0.05, 0) is 61.3 Å². The van der Waals surface area contributed by atoms with E-state index in [1.807, 2.05) is 41.5 Å². The second-order valence-corrected chi connectivity index (χ2v) is 7.80. The number of ether oxygens (including phenoxy) is 1. The Kier molecular flexibility index (Phi) is 8.81. The van der Waals surface area contributed by atoms with Crippen molar-refractivity contribution in [3.05, 3.63) is 11.5 Å². The van der Waals surface area contributed by atoms with Gasteiger partial charge in [0.05, 0.1) is 11.2 Å². The summed E-state index contributed by atoms with van der Waals surface area (Å²) in [6, 6.07) is 0. The minimum absolute atomic E-state index is 0.507. The van der Waals surface area contributed by atoms with Crippen molar-refractivity contribution in [3.8, 4) is 11.8 Å². The maximum absolute atomic E-state index is 11.5. The zero-order valence-electron chi connectivity index (χ0n) is 16.4. The van der Waals surface area contributed by atoms with Gasteiger partial charge < -0.3 is 14.5 Å². The summed E-state index contributed by atoms with van der Waals surface area (Å²) in [5.41, 5.74) is -1.20. The molecule has 1 radical (unpaired) electrons. The maximum Gasteiger partial charge on any atom is 0.384 e. The zero-order chi connectivity index (χ0) is 19.0. The normalized spacial score (nSPS) is 13.1. The lowest BCUT2D eigenvalue weighted by molar-refractivity contribution is -0.147. The highest BCUT2D eigenvalue weighted by molar-refractivity contribution is 6.38. The molecule has 0 aromatic rings. The van der Waals surface area contributed by atoms with E-state index in [0.29, 0.717) is 12.8 Å². The molecule has 0 aromatic heterocycles. The van der Waals surface area contributed by atoms with E-state index < -0.39 is 22.8 Å². The number of esters is 1. The Bertz CT molecular complexity index is 496. The Hall–Kier alpha value is -1.25. The number of aliphatic hydroxyl groups is 1. The molecule has 0 unspecified atom stereocenters. The molecule has 0 rings (SSSR count). The third-order valence-electron chi connectivity index (χ3n) is 3.57. The topological polar surface area (TPSA) is 55.8 Å². The van der Waals surface area contributed by atoms with Crippen LogP contribution < -0.4 is 0 Å². The third-order valence-corrected chi connectivity index (χ3v) is 3.57. The van der Waals surface area contributed by atoms with Crippen molar-refractivity contribution in [2.75, 3.05) is 0 Å². The van der Waals surface area contributed by atoms with Gasteiger partial charge in [0.2, 0.25) is 0 Å². The van der Waals surface area contributed by atoms with E-state index >= 15 is 0 Å². The summed E-state index contributed by atoms with van der Waals surface area (Å²) in [7, 11) is 1.68. The minimum Gasteiger partial charge on any atom is -0.450 e. The van der Waals surface area contributed by atoms with Crippen molar-refractivity contribution in [1.82, 2.24) is 0 Å². The molecule has 0 aliphatic heterocycles. The highest BCUT2D eigenvalue weighted by atomic mass is 16.6. The smallest absolute Gasteiger partial charge is 0.384 e. The van der Waals surface area contributed by atoms with Crippen LogP contribution in [0, 0.1) is 11.8 Å². The van der Waals surface area contributed by atoms with Gasteiger partial charge in [-0.2, -0.15) is 0 Å². The van der Waals surface area contributed by atoms with Crippen molar-refractivity contribution in [2.24, 2.45) is 0 Å². The Morgan fingerprint density at radius 2 is 1.75 bits per heavy atom. The molecule has 0 heterocycles. The van der Waals surface area contributed by atoms with Crippen LogP contribution in [-0.2, 0) is 14.2 Å². The Morgan fingerprint density at radius 3 is 2.21 bits per heavy atom. The average molecular weight is 335 g/mol. The number of hydrogen-bond acceptors (Lipinski definition) is 4. The fourth-order valence-corrected chi connectivity index (χ4v) is 1.48. The van der Waals surface area contributed by atoms with E-state index in [2.05, 4.69) is 17.9 Å². The summed E-state index contributed by atoms with van der Waals surface area (Å²) in [6.07, 6.45) is 4.13. The van der Waals surface area contributed by atoms with Crippen LogP contribution in [0.1, 0.15) is 74.7 Å². The van der Waals surface area contributed by atoms with Crippen LogP contribution in [0.5, 0.6) is 0 Å². The predicted octanol–water partition coefficient (Wildman–Crippen LogP) is 3.59. The Balaban J connectivity index is 4.54. The fourth-order valence-electron chi connectivity index (χ4n) is 1.48. The summed E-state index contributed by atoms with van der Waals surface area (Å²) in [5.74, 6) is 4.83. The SMILES string of the molecule is CC/C=C(/[B]OC(C)(C)C(C)(C)O)CCC#CC(=O)OC(C)(C)C. The van der Waals surface area contributed by atoms with Gasteiger partial charge in [0, 0.05) is 12.3 Å². The molecule has 0 bridgehead atoms. The van der Waals surface area contributed by atoms with Crippen molar-refractivity contribution < 1.29 is 19.3 Å². The van der Waals surface area contributed by atoms with E-state index in [9.17, 15) is 9.90 Å². The fraction of sp³-hybridized carbons (Fsp3) is 0.737. The van der Waals surface area contributed by atoms with Gasteiger partial charge in [-0.1, -0.05) is 24.4 Å². The molecule has 0 aromatic carbocycles. The summed E-state index contributed by atoms with van der Waals surface area (Å²) >= 11 is 0. The number of rotatable bonds is 7. The molecule has 5 heteroatoms. The predicted molar refractivity (Wildman–Crippen MR) is 98.4 cm³/mol. The molecule has 0 saturated heterocycles. The van der Waals surface area contributed by atoms with Crippen molar-refractivity contribution in [2.45, 2.75) is 91.5 Å². The van der Waals surface area contributed by atoms with Crippen LogP contribution in [-0.4, -0.2) is 35.4 Å². The second kappa shape index (κ2) is 9.29. The van der Waals surface area contributed by atoms with E-state index in [0.717, 1.165) is 11.9 Å². The quantitative estimate of drug-likeness (QED) is 0.334. The summed E-state index contributed by atoms with van der Waals surface area (Å²) in [4.78, 5) is 11.5. The monoisotopic (exact) mass is 335 g/mol. The lowest BCUT2D eigenvalue weighted by Crippen LogP contribution is -2.48. The average Bonchev–Trinajstić information content (AvgIpc) is 2.37. The molecule has 1 N–H and O–H groups in total. The highest BCUT2D eigenvalue weighted by Crippen LogP contribution is 2.25. The highest BCUT2D eigenvalue weighted by Gasteiger charge is 2.35. The molecule has 0 aliphatic carbocycles. The van der Waals surface area contributed by atoms with Gasteiger partial charge in [-0.3, -0.25) is 0 Å². The van der Waals surface area contributed by atoms with E-state index in [1.54, 1.807) is 21.3 Å². The summed E-state index contributed by atoms with van der Waals surface area (Å²) in [5, 5.41) is 10.1. The maximum atomic E-state index is 11.5. The summed E-state index contributed by atoms with van der Waals surface area (Å²) in [6.45, 7) is 14.6. The molecule has 0 atom stereocenters. The second-order valence-electron chi connectivity index (χ2n) is 7.80.